The third-order valence-corrected chi connectivity index (χ3v) is 2.90. The SMILES string of the molecule is CCC(C#N)=C(Cl)c1ccc(Cl)cc1Cl. The van der Waals surface area contributed by atoms with Crippen molar-refractivity contribution in [3.63, 3.8) is 0 Å². The van der Waals surface area contributed by atoms with Gasteiger partial charge in [-0.3, -0.25) is 0 Å². The molecule has 0 aromatic heterocycles. The van der Waals surface area contributed by atoms with Crippen molar-refractivity contribution in [2.45, 2.75) is 13.3 Å². The fourth-order valence-corrected chi connectivity index (χ4v) is 2.01. The van der Waals surface area contributed by atoms with Crippen molar-refractivity contribution < 1.29 is 0 Å². The Hall–Kier alpha value is -0.680. The quantitative estimate of drug-likeness (QED) is 0.696. The summed E-state index contributed by atoms with van der Waals surface area (Å²) >= 11 is 17.8. The number of nitrogens with zero attached hydrogens (tertiary/aromatic N) is 1. The highest BCUT2D eigenvalue weighted by atomic mass is 35.5. The molecule has 0 radical (unpaired) electrons. The van der Waals surface area contributed by atoms with Gasteiger partial charge in [0.15, 0.2) is 0 Å². The standard InChI is InChI=1S/C11H8Cl3N/c1-2-7(6-15)11(14)9-4-3-8(12)5-10(9)13/h3-5H,2H2,1H3. The van der Waals surface area contributed by atoms with Crippen LogP contribution in [-0.4, -0.2) is 0 Å². The lowest BCUT2D eigenvalue weighted by molar-refractivity contribution is 1.16. The third-order valence-electron chi connectivity index (χ3n) is 1.92. The van der Waals surface area contributed by atoms with Gasteiger partial charge >= 0.3 is 0 Å². The minimum Gasteiger partial charge on any atom is -0.193 e. The van der Waals surface area contributed by atoms with Gasteiger partial charge in [0, 0.05) is 16.2 Å². The largest absolute Gasteiger partial charge is 0.193 e. The average molecular weight is 261 g/mol. The molecule has 0 saturated heterocycles. The van der Waals surface area contributed by atoms with Gasteiger partial charge in [-0.2, -0.15) is 5.26 Å². The first-order valence-corrected chi connectivity index (χ1v) is 5.47. The van der Waals surface area contributed by atoms with E-state index >= 15 is 0 Å². The maximum absolute atomic E-state index is 8.84. The highest BCUT2D eigenvalue weighted by Gasteiger charge is 2.09. The van der Waals surface area contributed by atoms with Crippen LogP contribution in [0.1, 0.15) is 18.9 Å². The molecular weight excluding hydrogens is 252 g/mol. The van der Waals surface area contributed by atoms with Gasteiger partial charge in [-0.05, 0) is 18.6 Å². The van der Waals surface area contributed by atoms with Gasteiger partial charge in [-0.25, -0.2) is 0 Å². The summed E-state index contributed by atoms with van der Waals surface area (Å²) in [4.78, 5) is 0. The van der Waals surface area contributed by atoms with Crippen LogP contribution in [0.15, 0.2) is 23.8 Å². The first kappa shape index (κ1) is 12.4. The zero-order valence-corrected chi connectivity index (χ0v) is 10.3. The summed E-state index contributed by atoms with van der Waals surface area (Å²) in [5.41, 5.74) is 1.15. The van der Waals surface area contributed by atoms with E-state index in [0.29, 0.717) is 32.6 Å². The molecule has 0 aliphatic rings. The zero-order valence-electron chi connectivity index (χ0n) is 8.02. The number of allylic oxidation sites excluding steroid dienone is 1. The second-order valence-corrected chi connectivity index (χ2v) is 4.10. The molecule has 4 heteroatoms. The van der Waals surface area contributed by atoms with Gasteiger partial charge in [-0.1, -0.05) is 47.8 Å². The van der Waals surface area contributed by atoms with E-state index in [1.165, 1.54) is 0 Å². The lowest BCUT2D eigenvalue weighted by atomic mass is 10.1. The second kappa shape index (κ2) is 5.42. The summed E-state index contributed by atoms with van der Waals surface area (Å²) < 4.78 is 0. The summed E-state index contributed by atoms with van der Waals surface area (Å²) in [6.45, 7) is 1.87. The van der Waals surface area contributed by atoms with Crippen LogP contribution in [0.2, 0.25) is 10.0 Å². The first-order chi connectivity index (χ1) is 7.10. The molecule has 0 saturated carbocycles. The van der Waals surface area contributed by atoms with Crippen LogP contribution >= 0.6 is 34.8 Å². The maximum Gasteiger partial charge on any atom is 0.0962 e. The van der Waals surface area contributed by atoms with Crippen LogP contribution in [-0.2, 0) is 0 Å². The van der Waals surface area contributed by atoms with Crippen LogP contribution in [0.3, 0.4) is 0 Å². The van der Waals surface area contributed by atoms with E-state index in [0.717, 1.165) is 0 Å². The summed E-state index contributed by atoms with van der Waals surface area (Å²) in [7, 11) is 0. The van der Waals surface area contributed by atoms with E-state index < -0.39 is 0 Å². The molecule has 0 aliphatic carbocycles. The highest BCUT2D eigenvalue weighted by molar-refractivity contribution is 6.51. The normalized spacial score (nSPS) is 11.9. The minimum atomic E-state index is 0.390. The van der Waals surface area contributed by atoms with Gasteiger partial charge in [-0.15, -0.1) is 0 Å². The van der Waals surface area contributed by atoms with Gasteiger partial charge in [0.2, 0.25) is 0 Å². The number of halogens is 3. The highest BCUT2D eigenvalue weighted by Crippen LogP contribution is 2.32. The molecule has 1 aromatic carbocycles. The molecule has 0 amide bonds. The van der Waals surface area contributed by atoms with Crippen molar-refractivity contribution >= 4 is 39.8 Å². The lowest BCUT2D eigenvalue weighted by Gasteiger charge is -2.04. The Morgan fingerprint density at radius 1 is 1.40 bits per heavy atom. The smallest absolute Gasteiger partial charge is 0.0962 e. The minimum absolute atomic E-state index is 0.390. The Labute approximate surface area is 104 Å². The molecule has 0 aliphatic heterocycles. The molecule has 0 atom stereocenters. The Kier molecular flexibility index (Phi) is 4.47. The summed E-state index contributed by atoms with van der Waals surface area (Å²) in [5, 5.41) is 10.2. The van der Waals surface area contributed by atoms with Gasteiger partial charge in [0.25, 0.3) is 0 Å². The van der Waals surface area contributed by atoms with Crippen molar-refractivity contribution in [2.75, 3.05) is 0 Å². The Morgan fingerprint density at radius 3 is 2.53 bits per heavy atom. The fourth-order valence-electron chi connectivity index (χ4n) is 1.11. The molecule has 1 aromatic rings. The summed E-state index contributed by atoms with van der Waals surface area (Å²) in [6.07, 6.45) is 0.578. The monoisotopic (exact) mass is 259 g/mol. The van der Waals surface area contributed by atoms with Crippen LogP contribution in [0.25, 0.3) is 5.03 Å². The number of hydrogen-bond acceptors (Lipinski definition) is 1. The molecule has 0 unspecified atom stereocenters. The van der Waals surface area contributed by atoms with E-state index in [4.69, 9.17) is 40.1 Å². The molecule has 15 heavy (non-hydrogen) atoms. The van der Waals surface area contributed by atoms with Crippen molar-refractivity contribution in [2.24, 2.45) is 0 Å². The van der Waals surface area contributed by atoms with E-state index in [9.17, 15) is 0 Å². The molecule has 0 N–H and O–H groups in total. The molecular formula is C11H8Cl3N. The second-order valence-electron chi connectivity index (χ2n) is 2.88. The molecule has 0 bridgehead atoms. The molecule has 1 nitrogen and oxygen atoms in total. The van der Waals surface area contributed by atoms with Crippen molar-refractivity contribution in [1.82, 2.24) is 0 Å². The van der Waals surface area contributed by atoms with Gasteiger partial charge in [0.1, 0.15) is 0 Å². The van der Waals surface area contributed by atoms with Crippen molar-refractivity contribution in [3.8, 4) is 6.07 Å². The van der Waals surface area contributed by atoms with Crippen LogP contribution in [0.5, 0.6) is 0 Å². The first-order valence-electron chi connectivity index (χ1n) is 4.34. The van der Waals surface area contributed by atoms with Crippen LogP contribution in [0.4, 0.5) is 0 Å². The predicted molar refractivity (Wildman–Crippen MR) is 65.1 cm³/mol. The fraction of sp³-hybridized carbons (Fsp3) is 0.182. The van der Waals surface area contributed by atoms with Gasteiger partial charge in [0.05, 0.1) is 16.1 Å². The maximum atomic E-state index is 8.84. The number of rotatable bonds is 2. The Balaban J connectivity index is 3.29. The molecule has 0 heterocycles. The van der Waals surface area contributed by atoms with Crippen molar-refractivity contribution in [3.05, 3.63) is 39.4 Å². The van der Waals surface area contributed by atoms with E-state index in [1.54, 1.807) is 18.2 Å². The van der Waals surface area contributed by atoms with E-state index in [1.807, 2.05) is 13.0 Å². The lowest BCUT2D eigenvalue weighted by Crippen LogP contribution is -1.85. The molecule has 78 valence electrons. The molecule has 0 spiro atoms. The average Bonchev–Trinajstić information content (AvgIpc) is 2.19. The van der Waals surface area contributed by atoms with Crippen molar-refractivity contribution in [1.29, 1.82) is 5.26 Å². The Bertz CT molecular complexity index is 444. The third kappa shape index (κ3) is 2.89. The van der Waals surface area contributed by atoms with Crippen LogP contribution in [0, 0.1) is 11.3 Å². The predicted octanol–water partition coefficient (Wildman–Crippen LogP) is 4.88. The van der Waals surface area contributed by atoms with Crippen LogP contribution < -0.4 is 0 Å². The van der Waals surface area contributed by atoms with Gasteiger partial charge < -0.3 is 0 Å². The number of nitriles is 1. The molecule has 0 fully saturated rings. The van der Waals surface area contributed by atoms with E-state index in [2.05, 4.69) is 0 Å². The summed E-state index contributed by atoms with van der Waals surface area (Å²) in [6, 6.07) is 7.05. The molecule has 1 rings (SSSR count). The Morgan fingerprint density at radius 2 is 2.07 bits per heavy atom. The van der Waals surface area contributed by atoms with E-state index in [-0.39, 0.29) is 0 Å². The topological polar surface area (TPSA) is 23.8 Å². The number of benzene rings is 1. The summed E-state index contributed by atoms with van der Waals surface area (Å²) in [5.74, 6) is 0. The zero-order chi connectivity index (χ0) is 11.4. The number of hydrogen-bond donors (Lipinski definition) is 0.